The number of carbonyl (C=O) groups is 1. The van der Waals surface area contributed by atoms with Crippen molar-refractivity contribution in [2.24, 2.45) is 5.73 Å². The lowest BCUT2D eigenvalue weighted by Crippen LogP contribution is -2.36. The maximum Gasteiger partial charge on any atom is 0.407 e. The van der Waals surface area contributed by atoms with Gasteiger partial charge in [0, 0.05) is 22.7 Å². The largest absolute Gasteiger partial charge is 0.413 e. The predicted molar refractivity (Wildman–Crippen MR) is 82.7 cm³/mol. The molecule has 0 bridgehead atoms. The van der Waals surface area contributed by atoms with Crippen molar-refractivity contribution in [1.82, 2.24) is 0 Å². The van der Waals surface area contributed by atoms with Crippen LogP contribution in [0.2, 0.25) is 0 Å². The predicted octanol–water partition coefficient (Wildman–Crippen LogP) is 3.77. The van der Waals surface area contributed by atoms with Gasteiger partial charge in [0.15, 0.2) is 0 Å². The first kappa shape index (κ1) is 16.2. The Balaban J connectivity index is 3.04. The fourth-order valence-electron chi connectivity index (χ4n) is 2.01. The molecule has 0 spiro atoms. The summed E-state index contributed by atoms with van der Waals surface area (Å²) in [6.07, 6.45) is 2.82. The highest BCUT2D eigenvalue weighted by atomic mass is 127. The number of ether oxygens (including phenoxy) is 2. The molecule has 0 saturated carbocycles. The minimum atomic E-state index is -1.08. The Kier molecular flexibility index (Phi) is 6.57. The molecule has 1 atom stereocenters. The average Bonchev–Trinajstić information content (AvgIpc) is 2.37. The van der Waals surface area contributed by atoms with E-state index in [0.717, 1.165) is 28.4 Å². The SMILES string of the molecule is CCCCC[C@@](OC)(OC(N)=O)c1cccc(I)c1. The van der Waals surface area contributed by atoms with Gasteiger partial charge in [-0.3, -0.25) is 0 Å². The molecular weight excluding hydrogens is 357 g/mol. The van der Waals surface area contributed by atoms with E-state index in [1.54, 1.807) is 0 Å². The Labute approximate surface area is 127 Å². The summed E-state index contributed by atoms with van der Waals surface area (Å²) in [5.74, 6) is -1.08. The van der Waals surface area contributed by atoms with Crippen molar-refractivity contribution in [3.63, 3.8) is 0 Å². The summed E-state index contributed by atoms with van der Waals surface area (Å²) in [6.45, 7) is 2.12. The molecular formula is C14H20INO3. The molecule has 5 heteroatoms. The van der Waals surface area contributed by atoms with Crippen molar-refractivity contribution in [2.75, 3.05) is 7.11 Å². The van der Waals surface area contributed by atoms with E-state index in [1.807, 2.05) is 24.3 Å². The number of hydrogen-bond acceptors (Lipinski definition) is 3. The van der Waals surface area contributed by atoms with E-state index in [1.165, 1.54) is 7.11 Å². The molecule has 1 amide bonds. The second-order valence-corrected chi connectivity index (χ2v) is 5.59. The fourth-order valence-corrected chi connectivity index (χ4v) is 2.55. The molecule has 1 rings (SSSR count). The number of nitrogens with two attached hydrogens (primary N) is 1. The van der Waals surface area contributed by atoms with Gasteiger partial charge in [0.1, 0.15) is 0 Å². The summed E-state index contributed by atoms with van der Waals surface area (Å²) in [7, 11) is 1.54. The highest BCUT2D eigenvalue weighted by Crippen LogP contribution is 2.33. The summed E-state index contributed by atoms with van der Waals surface area (Å²) in [4.78, 5) is 11.2. The standard InChI is InChI=1S/C14H20INO3/c1-3-4-5-9-14(18-2,19-13(16)17)11-7-6-8-12(15)10-11/h6-8,10H,3-5,9H2,1-2H3,(H2,16,17)/t14-/m1/s1. The van der Waals surface area contributed by atoms with Gasteiger partial charge in [-0.1, -0.05) is 31.9 Å². The van der Waals surface area contributed by atoms with Crippen LogP contribution < -0.4 is 5.73 Å². The number of carbonyl (C=O) groups excluding carboxylic acids is 1. The first-order chi connectivity index (χ1) is 9.04. The molecule has 0 aliphatic heterocycles. The number of methoxy groups -OCH3 is 1. The number of unbranched alkanes of at least 4 members (excludes halogenated alkanes) is 2. The van der Waals surface area contributed by atoms with Gasteiger partial charge in [-0.05, 0) is 41.1 Å². The zero-order valence-corrected chi connectivity index (χ0v) is 13.5. The Morgan fingerprint density at radius 2 is 2.16 bits per heavy atom. The third-order valence-electron chi connectivity index (χ3n) is 2.97. The molecule has 0 aliphatic rings. The minimum absolute atomic E-state index is 0.598. The third-order valence-corrected chi connectivity index (χ3v) is 3.64. The van der Waals surface area contributed by atoms with Gasteiger partial charge < -0.3 is 15.2 Å². The van der Waals surface area contributed by atoms with Crippen LogP contribution in [0.1, 0.15) is 38.2 Å². The summed E-state index contributed by atoms with van der Waals surface area (Å²) >= 11 is 2.21. The molecule has 19 heavy (non-hydrogen) atoms. The van der Waals surface area contributed by atoms with Crippen LogP contribution in [0.15, 0.2) is 24.3 Å². The first-order valence-corrected chi connectivity index (χ1v) is 7.41. The topological polar surface area (TPSA) is 61.6 Å². The second kappa shape index (κ2) is 7.69. The molecule has 1 aromatic rings. The zero-order chi connectivity index (χ0) is 14.3. The van der Waals surface area contributed by atoms with Crippen LogP contribution in [0, 0.1) is 3.57 Å². The van der Waals surface area contributed by atoms with E-state index < -0.39 is 11.9 Å². The monoisotopic (exact) mass is 377 g/mol. The third kappa shape index (κ3) is 4.65. The van der Waals surface area contributed by atoms with Crippen LogP contribution in [0.3, 0.4) is 0 Å². The smallest absolute Gasteiger partial charge is 0.407 e. The Morgan fingerprint density at radius 3 is 2.68 bits per heavy atom. The highest BCUT2D eigenvalue weighted by Gasteiger charge is 2.35. The van der Waals surface area contributed by atoms with Crippen molar-refractivity contribution in [1.29, 1.82) is 0 Å². The highest BCUT2D eigenvalue weighted by molar-refractivity contribution is 14.1. The fraction of sp³-hybridized carbons (Fsp3) is 0.500. The molecule has 0 heterocycles. The van der Waals surface area contributed by atoms with Gasteiger partial charge in [0.05, 0.1) is 0 Å². The summed E-state index contributed by atoms with van der Waals surface area (Å²) < 4.78 is 11.9. The van der Waals surface area contributed by atoms with E-state index in [-0.39, 0.29) is 0 Å². The Hall–Kier alpha value is -0.820. The number of hydrogen-bond donors (Lipinski definition) is 1. The van der Waals surface area contributed by atoms with Crippen molar-refractivity contribution in [2.45, 2.75) is 38.4 Å². The molecule has 0 radical (unpaired) electrons. The number of primary amides is 1. The average molecular weight is 377 g/mol. The summed E-state index contributed by atoms with van der Waals surface area (Å²) in [6, 6.07) is 7.72. The van der Waals surface area contributed by atoms with Crippen molar-refractivity contribution in [3.05, 3.63) is 33.4 Å². The molecule has 0 unspecified atom stereocenters. The Bertz CT molecular complexity index is 425. The normalized spacial score (nSPS) is 13.8. The molecule has 106 valence electrons. The van der Waals surface area contributed by atoms with Crippen molar-refractivity contribution in [3.8, 4) is 0 Å². The van der Waals surface area contributed by atoms with Gasteiger partial charge in [-0.2, -0.15) is 0 Å². The van der Waals surface area contributed by atoms with Gasteiger partial charge >= 0.3 is 6.09 Å². The molecule has 0 aromatic heterocycles. The quantitative estimate of drug-likeness (QED) is 0.447. The maximum atomic E-state index is 11.2. The number of amides is 1. The second-order valence-electron chi connectivity index (χ2n) is 4.35. The van der Waals surface area contributed by atoms with E-state index in [2.05, 4.69) is 29.5 Å². The molecule has 1 aromatic carbocycles. The van der Waals surface area contributed by atoms with E-state index in [4.69, 9.17) is 15.2 Å². The zero-order valence-electron chi connectivity index (χ0n) is 11.3. The van der Waals surface area contributed by atoms with E-state index in [0.29, 0.717) is 6.42 Å². The van der Waals surface area contributed by atoms with Crippen molar-refractivity contribution >= 4 is 28.7 Å². The first-order valence-electron chi connectivity index (χ1n) is 6.33. The lowest BCUT2D eigenvalue weighted by atomic mass is 9.99. The maximum absolute atomic E-state index is 11.2. The molecule has 0 aliphatic carbocycles. The molecule has 2 N–H and O–H groups in total. The molecule has 0 saturated heterocycles. The van der Waals surface area contributed by atoms with Crippen LogP contribution in [-0.4, -0.2) is 13.2 Å². The van der Waals surface area contributed by atoms with Gasteiger partial charge in [0.2, 0.25) is 5.79 Å². The van der Waals surface area contributed by atoms with Crippen LogP contribution in [-0.2, 0) is 15.3 Å². The van der Waals surface area contributed by atoms with Crippen LogP contribution in [0.25, 0.3) is 0 Å². The van der Waals surface area contributed by atoms with Gasteiger partial charge in [-0.25, -0.2) is 4.79 Å². The summed E-state index contributed by atoms with van der Waals surface area (Å²) in [5.41, 5.74) is 6.01. The molecule has 0 fully saturated rings. The molecule has 4 nitrogen and oxygen atoms in total. The van der Waals surface area contributed by atoms with E-state index >= 15 is 0 Å². The van der Waals surface area contributed by atoms with Crippen LogP contribution in [0.4, 0.5) is 4.79 Å². The van der Waals surface area contributed by atoms with Gasteiger partial charge in [0.25, 0.3) is 0 Å². The Morgan fingerprint density at radius 1 is 1.42 bits per heavy atom. The van der Waals surface area contributed by atoms with Crippen molar-refractivity contribution < 1.29 is 14.3 Å². The number of benzene rings is 1. The van der Waals surface area contributed by atoms with Gasteiger partial charge in [-0.15, -0.1) is 0 Å². The number of rotatable bonds is 7. The van der Waals surface area contributed by atoms with Crippen LogP contribution in [0.5, 0.6) is 0 Å². The van der Waals surface area contributed by atoms with Crippen LogP contribution >= 0.6 is 22.6 Å². The minimum Gasteiger partial charge on any atom is -0.413 e. The lowest BCUT2D eigenvalue weighted by Gasteiger charge is -2.31. The van der Waals surface area contributed by atoms with E-state index in [9.17, 15) is 4.79 Å². The number of halogens is 1. The lowest BCUT2D eigenvalue weighted by molar-refractivity contribution is -0.197. The summed E-state index contributed by atoms with van der Waals surface area (Å²) in [5, 5.41) is 0.